The summed E-state index contributed by atoms with van der Waals surface area (Å²) in [6.45, 7) is 3.58. The first-order chi connectivity index (χ1) is 11.2. The summed E-state index contributed by atoms with van der Waals surface area (Å²) in [7, 11) is 0. The van der Waals surface area contributed by atoms with Crippen LogP contribution in [0.3, 0.4) is 0 Å². The molecule has 1 saturated heterocycles. The third-order valence-corrected chi connectivity index (χ3v) is 5.05. The minimum atomic E-state index is 0.0141. The molecule has 0 spiro atoms. The number of piperazine rings is 1. The number of aromatic nitrogens is 1. The zero-order valence-electron chi connectivity index (χ0n) is 12.7. The van der Waals surface area contributed by atoms with E-state index >= 15 is 0 Å². The first-order valence-electron chi connectivity index (χ1n) is 7.61. The molecule has 2 heterocycles. The van der Waals surface area contributed by atoms with Gasteiger partial charge in [0.2, 0.25) is 0 Å². The number of thiazole rings is 1. The number of carbonyl (C=O) groups is 1. The van der Waals surface area contributed by atoms with Crippen LogP contribution in [0.5, 0.6) is 0 Å². The molecule has 1 amide bonds. The van der Waals surface area contributed by atoms with Gasteiger partial charge in [0.05, 0.1) is 5.01 Å². The number of hydrogen-bond donors (Lipinski definition) is 1. The number of carbonyl (C=O) groups excluding carboxylic acids is 1. The maximum atomic E-state index is 12.5. The highest BCUT2D eigenvalue weighted by molar-refractivity contribution is 7.09. The van der Waals surface area contributed by atoms with Gasteiger partial charge in [0.15, 0.2) is 0 Å². The fourth-order valence-corrected chi connectivity index (χ4v) is 3.54. The summed E-state index contributed by atoms with van der Waals surface area (Å²) < 4.78 is 0. The Kier molecular flexibility index (Phi) is 5.15. The Morgan fingerprint density at radius 1 is 1.22 bits per heavy atom. The van der Waals surface area contributed by atoms with Gasteiger partial charge in [-0.25, -0.2) is 4.98 Å². The molecule has 1 aromatic heterocycles. The highest BCUT2D eigenvalue weighted by atomic mass is 35.5. The highest BCUT2D eigenvalue weighted by Gasteiger charge is 2.23. The monoisotopic (exact) mass is 350 g/mol. The molecule has 5 nitrogen and oxygen atoms in total. The first kappa shape index (κ1) is 16.2. The molecular weight excluding hydrogens is 332 g/mol. The standard InChI is InChI=1S/C16H19ClN4OS/c17-12-1-3-13(4-2-12)20-7-9-21(10-8-20)16(22)14-11-23-15(19-14)5-6-18/h1-4,11H,5-10,18H2. The molecule has 2 aromatic rings. The lowest BCUT2D eigenvalue weighted by atomic mass is 10.2. The number of amides is 1. The second-order valence-corrected chi connectivity index (χ2v) is 6.80. The molecule has 0 saturated carbocycles. The minimum Gasteiger partial charge on any atom is -0.368 e. The van der Waals surface area contributed by atoms with Crippen LogP contribution in [0.2, 0.25) is 5.02 Å². The maximum Gasteiger partial charge on any atom is 0.273 e. The van der Waals surface area contributed by atoms with E-state index in [9.17, 15) is 4.79 Å². The molecule has 2 N–H and O–H groups in total. The molecule has 0 radical (unpaired) electrons. The van der Waals surface area contributed by atoms with E-state index < -0.39 is 0 Å². The molecular formula is C16H19ClN4OS. The van der Waals surface area contributed by atoms with E-state index in [0.717, 1.165) is 35.2 Å². The fourth-order valence-electron chi connectivity index (χ4n) is 2.63. The zero-order chi connectivity index (χ0) is 16.2. The average molecular weight is 351 g/mol. The number of anilines is 1. The highest BCUT2D eigenvalue weighted by Crippen LogP contribution is 2.20. The van der Waals surface area contributed by atoms with Gasteiger partial charge in [-0.15, -0.1) is 11.3 Å². The number of benzene rings is 1. The Morgan fingerprint density at radius 2 is 1.91 bits per heavy atom. The summed E-state index contributed by atoms with van der Waals surface area (Å²) >= 11 is 7.43. The van der Waals surface area contributed by atoms with Crippen LogP contribution in [-0.4, -0.2) is 48.5 Å². The van der Waals surface area contributed by atoms with E-state index in [0.29, 0.717) is 25.3 Å². The molecule has 122 valence electrons. The van der Waals surface area contributed by atoms with Gasteiger partial charge in [-0.3, -0.25) is 4.79 Å². The van der Waals surface area contributed by atoms with Crippen molar-refractivity contribution in [1.29, 1.82) is 0 Å². The molecule has 1 fully saturated rings. The van der Waals surface area contributed by atoms with Crippen LogP contribution in [0.15, 0.2) is 29.6 Å². The summed E-state index contributed by atoms with van der Waals surface area (Å²) in [6, 6.07) is 7.81. The van der Waals surface area contributed by atoms with Crippen LogP contribution in [0, 0.1) is 0 Å². The van der Waals surface area contributed by atoms with Crippen molar-refractivity contribution in [2.24, 2.45) is 5.73 Å². The second kappa shape index (κ2) is 7.29. The quantitative estimate of drug-likeness (QED) is 0.918. The summed E-state index contributed by atoms with van der Waals surface area (Å²) in [6.07, 6.45) is 0.724. The molecule has 7 heteroatoms. The SMILES string of the molecule is NCCc1nc(C(=O)N2CCN(c3ccc(Cl)cc3)CC2)cs1. The van der Waals surface area contributed by atoms with Crippen molar-refractivity contribution in [1.82, 2.24) is 9.88 Å². The predicted molar refractivity (Wildman–Crippen MR) is 94.4 cm³/mol. The summed E-state index contributed by atoms with van der Waals surface area (Å²) in [5, 5.41) is 3.49. The molecule has 3 rings (SSSR count). The Hall–Kier alpha value is -1.63. The van der Waals surface area contributed by atoms with Crippen molar-refractivity contribution >= 4 is 34.5 Å². The normalized spacial score (nSPS) is 15.0. The van der Waals surface area contributed by atoms with Gasteiger partial charge in [0, 0.05) is 48.7 Å². The molecule has 1 aliphatic rings. The predicted octanol–water partition coefficient (Wildman–Crippen LogP) is 2.26. The molecule has 0 bridgehead atoms. The van der Waals surface area contributed by atoms with Crippen molar-refractivity contribution < 1.29 is 4.79 Å². The van der Waals surface area contributed by atoms with Gasteiger partial charge >= 0.3 is 0 Å². The molecule has 1 aliphatic heterocycles. The van der Waals surface area contributed by atoms with Crippen LogP contribution < -0.4 is 10.6 Å². The summed E-state index contributed by atoms with van der Waals surface area (Å²) in [4.78, 5) is 21.0. The van der Waals surface area contributed by atoms with Gasteiger partial charge < -0.3 is 15.5 Å². The van der Waals surface area contributed by atoms with Crippen LogP contribution in [0.1, 0.15) is 15.5 Å². The number of halogens is 1. The topological polar surface area (TPSA) is 62.5 Å². The van der Waals surface area contributed by atoms with E-state index in [1.165, 1.54) is 11.3 Å². The Morgan fingerprint density at radius 3 is 2.57 bits per heavy atom. The van der Waals surface area contributed by atoms with Crippen LogP contribution in [0.25, 0.3) is 0 Å². The van der Waals surface area contributed by atoms with Crippen molar-refractivity contribution in [2.45, 2.75) is 6.42 Å². The third kappa shape index (κ3) is 3.83. The molecule has 0 unspecified atom stereocenters. The lowest BCUT2D eigenvalue weighted by Gasteiger charge is -2.35. The molecule has 0 aliphatic carbocycles. The summed E-state index contributed by atoms with van der Waals surface area (Å²) in [5.74, 6) is 0.0141. The minimum absolute atomic E-state index is 0.0141. The van der Waals surface area contributed by atoms with Gasteiger partial charge in [-0.2, -0.15) is 0 Å². The number of rotatable bonds is 4. The number of hydrogen-bond acceptors (Lipinski definition) is 5. The van der Waals surface area contributed by atoms with Crippen molar-refractivity contribution in [3.8, 4) is 0 Å². The van der Waals surface area contributed by atoms with Gasteiger partial charge in [-0.05, 0) is 30.8 Å². The van der Waals surface area contributed by atoms with Crippen LogP contribution in [0.4, 0.5) is 5.69 Å². The lowest BCUT2D eigenvalue weighted by Crippen LogP contribution is -2.48. The third-order valence-electron chi connectivity index (χ3n) is 3.89. The fraction of sp³-hybridized carbons (Fsp3) is 0.375. The zero-order valence-corrected chi connectivity index (χ0v) is 14.3. The Bertz CT molecular complexity index is 665. The van der Waals surface area contributed by atoms with Gasteiger partial charge in [0.25, 0.3) is 5.91 Å². The molecule has 23 heavy (non-hydrogen) atoms. The number of nitrogens with zero attached hydrogens (tertiary/aromatic N) is 3. The van der Waals surface area contributed by atoms with E-state index in [2.05, 4.69) is 9.88 Å². The van der Waals surface area contributed by atoms with Crippen molar-refractivity contribution in [3.63, 3.8) is 0 Å². The summed E-state index contributed by atoms with van der Waals surface area (Å²) in [5.41, 5.74) is 7.21. The van der Waals surface area contributed by atoms with Gasteiger partial charge in [-0.1, -0.05) is 11.6 Å². The average Bonchev–Trinajstić information content (AvgIpc) is 3.04. The maximum absolute atomic E-state index is 12.5. The van der Waals surface area contributed by atoms with E-state index in [1.54, 1.807) is 0 Å². The van der Waals surface area contributed by atoms with E-state index in [-0.39, 0.29) is 5.91 Å². The van der Waals surface area contributed by atoms with Gasteiger partial charge in [0.1, 0.15) is 5.69 Å². The van der Waals surface area contributed by atoms with E-state index in [4.69, 9.17) is 17.3 Å². The Labute approximate surface area is 144 Å². The van der Waals surface area contributed by atoms with Crippen molar-refractivity contribution in [3.05, 3.63) is 45.4 Å². The lowest BCUT2D eigenvalue weighted by molar-refractivity contribution is 0.0741. The molecule has 1 aromatic carbocycles. The van der Waals surface area contributed by atoms with Crippen molar-refractivity contribution in [2.75, 3.05) is 37.6 Å². The number of nitrogens with two attached hydrogens (primary N) is 1. The first-order valence-corrected chi connectivity index (χ1v) is 8.87. The van der Waals surface area contributed by atoms with Crippen LogP contribution in [-0.2, 0) is 6.42 Å². The van der Waals surface area contributed by atoms with E-state index in [1.807, 2.05) is 34.5 Å². The Balaban J connectivity index is 1.59. The largest absolute Gasteiger partial charge is 0.368 e. The smallest absolute Gasteiger partial charge is 0.273 e. The van der Waals surface area contributed by atoms with Crippen LogP contribution >= 0.6 is 22.9 Å². The second-order valence-electron chi connectivity index (χ2n) is 5.42. The molecule has 0 atom stereocenters.